The lowest BCUT2D eigenvalue weighted by Crippen LogP contribution is -2.70. The lowest BCUT2D eigenvalue weighted by molar-refractivity contribution is -0.577. The molecule has 1 spiro atoms. The Bertz CT molecular complexity index is 551. The summed E-state index contributed by atoms with van der Waals surface area (Å²) in [6, 6.07) is 0. The smallest absolute Gasteiger partial charge is 0.201 e. The van der Waals surface area contributed by atoms with Crippen LogP contribution in [0.3, 0.4) is 0 Å². The second-order valence-corrected chi connectivity index (χ2v) is 10.3. The molecule has 5 aliphatic rings. The van der Waals surface area contributed by atoms with Crippen LogP contribution in [0.25, 0.3) is 0 Å². The van der Waals surface area contributed by atoms with Crippen LogP contribution in [0, 0.1) is 23.7 Å². The van der Waals surface area contributed by atoms with Crippen LogP contribution in [0.2, 0.25) is 0 Å². The van der Waals surface area contributed by atoms with Gasteiger partial charge >= 0.3 is 0 Å². The van der Waals surface area contributed by atoms with Crippen molar-refractivity contribution in [2.75, 3.05) is 13.2 Å². The van der Waals surface area contributed by atoms with Crippen molar-refractivity contribution < 1.29 is 24.0 Å². The summed E-state index contributed by atoms with van der Waals surface area (Å²) in [7, 11) is 0. The molecule has 0 aromatic carbocycles. The maximum Gasteiger partial charge on any atom is 0.201 e. The van der Waals surface area contributed by atoms with Crippen molar-refractivity contribution >= 4 is 0 Å². The first-order valence-corrected chi connectivity index (χ1v) is 10.7. The maximum absolute atomic E-state index is 6.41. The number of nitrogens with one attached hydrogen (secondary N) is 1. The van der Waals surface area contributed by atoms with E-state index in [0.29, 0.717) is 24.4 Å². The Morgan fingerprint density at radius 1 is 1.07 bits per heavy atom. The van der Waals surface area contributed by atoms with Gasteiger partial charge in [0.15, 0.2) is 18.2 Å². The first-order chi connectivity index (χ1) is 12.6. The molecule has 0 aromatic rings. The molecule has 4 heterocycles. The van der Waals surface area contributed by atoms with Gasteiger partial charge < -0.3 is 19.5 Å². The summed E-state index contributed by atoms with van der Waals surface area (Å²) in [5.74, 6) is 0.814. The predicted molar refractivity (Wildman–Crippen MR) is 101 cm³/mol. The van der Waals surface area contributed by atoms with Gasteiger partial charge in [0.2, 0.25) is 5.79 Å². The summed E-state index contributed by atoms with van der Waals surface area (Å²) in [4.78, 5) is 12.0. The molecule has 0 aromatic heterocycles. The minimum absolute atomic E-state index is 0.0858. The van der Waals surface area contributed by atoms with Crippen LogP contribution < -0.4 is 5.32 Å². The van der Waals surface area contributed by atoms with Crippen LogP contribution >= 0.6 is 0 Å². The fourth-order valence-corrected chi connectivity index (χ4v) is 5.66. The Morgan fingerprint density at radius 3 is 2.59 bits per heavy atom. The second kappa shape index (κ2) is 6.92. The molecule has 6 heteroatoms. The van der Waals surface area contributed by atoms with Crippen LogP contribution in [0.1, 0.15) is 67.2 Å². The van der Waals surface area contributed by atoms with Crippen molar-refractivity contribution in [1.29, 1.82) is 0 Å². The van der Waals surface area contributed by atoms with Crippen molar-refractivity contribution in [1.82, 2.24) is 5.32 Å². The molecular formula is C21H37NO5. The van der Waals surface area contributed by atoms with E-state index in [2.05, 4.69) is 39.9 Å². The molecule has 4 saturated heterocycles. The van der Waals surface area contributed by atoms with Crippen LogP contribution in [0.5, 0.6) is 0 Å². The minimum Gasteiger partial charge on any atom is -0.351 e. The molecule has 0 amide bonds. The van der Waals surface area contributed by atoms with Gasteiger partial charge in [0, 0.05) is 30.3 Å². The number of hydrogen-bond donors (Lipinski definition) is 1. The standard InChI is InChI=1S/C21H37NO5/c1-13-7-8-16-14(2)17(23-12-11-22-19(3,4)5)24-18-21(16)15(13)9-10-20(6,25-18)26-27-21/h13-18,22H,7-12H2,1-6H3/t13-,14-,15?,16?,17?,18-,20-,21-/m1/s1. The third-order valence-electron chi connectivity index (χ3n) is 7.14. The van der Waals surface area contributed by atoms with Crippen LogP contribution in [-0.4, -0.2) is 42.7 Å². The van der Waals surface area contributed by atoms with Crippen LogP contribution in [0.4, 0.5) is 0 Å². The van der Waals surface area contributed by atoms with Crippen molar-refractivity contribution in [3.63, 3.8) is 0 Å². The zero-order chi connectivity index (χ0) is 19.4. The van der Waals surface area contributed by atoms with Crippen molar-refractivity contribution in [3.05, 3.63) is 0 Å². The topological polar surface area (TPSA) is 58.2 Å². The molecule has 2 bridgehead atoms. The van der Waals surface area contributed by atoms with E-state index in [-0.39, 0.29) is 17.7 Å². The van der Waals surface area contributed by atoms with Gasteiger partial charge in [-0.25, -0.2) is 9.78 Å². The van der Waals surface area contributed by atoms with Gasteiger partial charge in [0.1, 0.15) is 0 Å². The highest BCUT2D eigenvalue weighted by atomic mass is 17.3. The lowest BCUT2D eigenvalue weighted by Gasteiger charge is -2.60. The molecule has 5 rings (SSSR count). The van der Waals surface area contributed by atoms with Crippen molar-refractivity contribution in [2.24, 2.45) is 23.7 Å². The van der Waals surface area contributed by atoms with E-state index >= 15 is 0 Å². The molecular weight excluding hydrogens is 346 g/mol. The number of fused-ring (bicyclic) bond motifs is 2. The van der Waals surface area contributed by atoms with E-state index in [0.717, 1.165) is 25.8 Å². The number of hydrogen-bond acceptors (Lipinski definition) is 6. The normalized spacial score (nSPS) is 49.6. The number of ether oxygens (including phenoxy) is 3. The molecule has 6 nitrogen and oxygen atoms in total. The summed E-state index contributed by atoms with van der Waals surface area (Å²) in [6.45, 7) is 14.4. The Labute approximate surface area is 163 Å². The van der Waals surface area contributed by atoms with Crippen molar-refractivity contribution in [3.8, 4) is 0 Å². The Balaban J connectivity index is 1.52. The summed E-state index contributed by atoms with van der Waals surface area (Å²) < 4.78 is 18.9. The van der Waals surface area contributed by atoms with E-state index in [1.54, 1.807) is 0 Å². The van der Waals surface area contributed by atoms with Crippen LogP contribution in [-0.2, 0) is 24.0 Å². The zero-order valence-electron chi connectivity index (χ0n) is 17.7. The second-order valence-electron chi connectivity index (χ2n) is 10.3. The van der Waals surface area contributed by atoms with E-state index in [4.69, 9.17) is 24.0 Å². The van der Waals surface area contributed by atoms with E-state index in [9.17, 15) is 0 Å². The fourth-order valence-electron chi connectivity index (χ4n) is 5.66. The average Bonchev–Trinajstić information content (AvgIpc) is 2.81. The molecule has 8 atom stereocenters. The molecule has 1 N–H and O–H groups in total. The van der Waals surface area contributed by atoms with Gasteiger partial charge in [-0.2, -0.15) is 0 Å². The minimum atomic E-state index is -0.726. The first-order valence-electron chi connectivity index (χ1n) is 10.7. The van der Waals surface area contributed by atoms with E-state index in [1.165, 1.54) is 6.42 Å². The molecule has 5 fully saturated rings. The summed E-state index contributed by atoms with van der Waals surface area (Å²) >= 11 is 0. The average molecular weight is 384 g/mol. The van der Waals surface area contributed by atoms with Gasteiger partial charge in [-0.1, -0.05) is 13.8 Å². The molecule has 1 aliphatic carbocycles. The van der Waals surface area contributed by atoms with E-state index < -0.39 is 17.7 Å². The molecule has 4 aliphatic heterocycles. The Kier molecular flexibility index (Phi) is 5.14. The zero-order valence-corrected chi connectivity index (χ0v) is 17.7. The first kappa shape index (κ1) is 20.0. The summed E-state index contributed by atoms with van der Waals surface area (Å²) in [5, 5.41) is 3.47. The highest BCUT2D eigenvalue weighted by molar-refractivity contribution is 5.09. The molecule has 156 valence electrons. The van der Waals surface area contributed by atoms with Crippen molar-refractivity contribution in [2.45, 2.75) is 96.7 Å². The molecule has 0 radical (unpaired) electrons. The molecule has 1 saturated carbocycles. The maximum atomic E-state index is 6.41. The third-order valence-corrected chi connectivity index (χ3v) is 7.14. The third kappa shape index (κ3) is 3.47. The largest absolute Gasteiger partial charge is 0.351 e. The summed E-state index contributed by atoms with van der Waals surface area (Å²) in [5.41, 5.74) is -0.418. The lowest BCUT2D eigenvalue weighted by atomic mass is 9.58. The van der Waals surface area contributed by atoms with Gasteiger partial charge in [0.25, 0.3) is 0 Å². The van der Waals surface area contributed by atoms with Gasteiger partial charge in [-0.15, -0.1) is 0 Å². The van der Waals surface area contributed by atoms with E-state index in [1.807, 2.05) is 6.92 Å². The SMILES string of the molecule is C[C@H]1C(OCCNC(C)(C)C)O[C@@H]2O[C@@]3(C)CCC4[C@H](C)CCC1[C@]42OO3. The molecule has 3 unspecified atom stereocenters. The Morgan fingerprint density at radius 2 is 1.85 bits per heavy atom. The van der Waals surface area contributed by atoms with Gasteiger partial charge in [-0.3, -0.25) is 0 Å². The fraction of sp³-hybridized carbons (Fsp3) is 1.00. The highest BCUT2D eigenvalue weighted by Gasteiger charge is 2.69. The predicted octanol–water partition coefficient (Wildman–Crippen LogP) is 3.60. The van der Waals surface area contributed by atoms with Crippen LogP contribution in [0.15, 0.2) is 0 Å². The van der Waals surface area contributed by atoms with Gasteiger partial charge in [0.05, 0.1) is 6.61 Å². The molecule has 27 heavy (non-hydrogen) atoms. The monoisotopic (exact) mass is 383 g/mol. The van der Waals surface area contributed by atoms with Gasteiger partial charge in [-0.05, 0) is 58.8 Å². The Hall–Kier alpha value is -0.240. The quantitative estimate of drug-likeness (QED) is 0.591. The number of rotatable bonds is 4. The highest BCUT2D eigenvalue weighted by Crippen LogP contribution is 2.60. The summed E-state index contributed by atoms with van der Waals surface area (Å²) in [6.07, 6.45) is 3.52.